The molecule has 0 aliphatic heterocycles. The summed E-state index contributed by atoms with van der Waals surface area (Å²) >= 11 is 0. The van der Waals surface area contributed by atoms with Gasteiger partial charge in [0.2, 0.25) is 0 Å². The van der Waals surface area contributed by atoms with Crippen LogP contribution in [0.2, 0.25) is 0 Å². The smallest absolute Gasteiger partial charge is 0.00385 e. The summed E-state index contributed by atoms with van der Waals surface area (Å²) < 4.78 is 0. The van der Waals surface area contributed by atoms with Gasteiger partial charge in [-0.1, -0.05) is 6.42 Å². The van der Waals surface area contributed by atoms with E-state index >= 15 is 0 Å². The minimum atomic E-state index is 0.675. The van der Waals surface area contributed by atoms with Crippen LogP contribution in [-0.4, -0.2) is 0 Å². The molecule has 0 nitrogen and oxygen atoms in total. The predicted octanol–water partition coefficient (Wildman–Crippen LogP) is 2.81. The van der Waals surface area contributed by atoms with Crippen LogP contribution in [0.5, 0.6) is 0 Å². The Kier molecular flexibility index (Phi) is 0.810. The molecule has 0 amide bonds. The topological polar surface area (TPSA) is 0 Å². The first kappa shape index (κ1) is 5.62. The predicted molar refractivity (Wildman–Crippen MR) is 40.4 cm³/mol. The molecule has 3 fully saturated rings. The maximum absolute atomic E-state index is 3.85. The van der Waals surface area contributed by atoms with Crippen LogP contribution >= 0.6 is 0 Å². The zero-order valence-corrected chi connectivity index (χ0v) is 6.45. The van der Waals surface area contributed by atoms with Crippen molar-refractivity contribution in [2.45, 2.75) is 44.9 Å². The zero-order valence-electron chi connectivity index (χ0n) is 6.45. The van der Waals surface area contributed by atoms with Crippen molar-refractivity contribution in [2.24, 2.45) is 10.8 Å². The lowest BCUT2D eigenvalue weighted by atomic mass is 9.77. The van der Waals surface area contributed by atoms with Crippen molar-refractivity contribution in [3.8, 4) is 0 Å². The summed E-state index contributed by atoms with van der Waals surface area (Å²) in [5.41, 5.74) is 1.35. The van der Waals surface area contributed by atoms with Gasteiger partial charge in [-0.15, -0.1) is 0 Å². The van der Waals surface area contributed by atoms with Gasteiger partial charge in [0.05, 0.1) is 0 Å². The summed E-state index contributed by atoms with van der Waals surface area (Å²) in [5.74, 6) is 0. The van der Waals surface area contributed by atoms with Crippen LogP contribution in [0.15, 0.2) is 0 Å². The fraction of sp³-hybridized carbons (Fsp3) is 0.900. The first-order valence-electron chi connectivity index (χ1n) is 4.62. The van der Waals surface area contributed by atoms with E-state index in [2.05, 4.69) is 6.42 Å². The van der Waals surface area contributed by atoms with Gasteiger partial charge in [0, 0.05) is 0 Å². The Bertz CT molecular complexity index is 143. The summed E-state index contributed by atoms with van der Waals surface area (Å²) in [6, 6.07) is 0. The summed E-state index contributed by atoms with van der Waals surface area (Å²) in [6.45, 7) is 0. The molecule has 3 aliphatic rings. The quantitative estimate of drug-likeness (QED) is 0.478. The molecule has 0 N–H and O–H groups in total. The molecule has 3 saturated carbocycles. The fourth-order valence-electron chi connectivity index (χ4n) is 2.50. The van der Waals surface area contributed by atoms with Crippen LogP contribution in [0.3, 0.4) is 0 Å². The molecule has 0 aromatic heterocycles. The first-order chi connectivity index (χ1) is 4.83. The Morgan fingerprint density at radius 3 is 1.60 bits per heavy atom. The Labute approximate surface area is 63.0 Å². The number of rotatable bonds is 0. The van der Waals surface area contributed by atoms with E-state index in [1.54, 1.807) is 0 Å². The van der Waals surface area contributed by atoms with Crippen molar-refractivity contribution in [1.29, 1.82) is 0 Å². The zero-order chi connectivity index (χ0) is 6.66. The highest BCUT2D eigenvalue weighted by atomic mass is 14.6. The summed E-state index contributed by atoms with van der Waals surface area (Å²) in [6.07, 6.45) is 14.1. The van der Waals surface area contributed by atoms with Crippen molar-refractivity contribution < 1.29 is 0 Å². The van der Waals surface area contributed by atoms with E-state index in [0.717, 1.165) is 0 Å². The van der Waals surface area contributed by atoms with Gasteiger partial charge < -0.3 is 0 Å². The normalized spacial score (nSPS) is 38.4. The molecule has 0 unspecified atom stereocenters. The molecule has 0 bridgehead atoms. The Morgan fingerprint density at radius 1 is 0.700 bits per heavy atom. The van der Waals surface area contributed by atoms with Crippen molar-refractivity contribution in [3.05, 3.63) is 6.42 Å². The molecule has 0 heterocycles. The van der Waals surface area contributed by atoms with E-state index in [9.17, 15) is 0 Å². The number of hydrogen-bond donors (Lipinski definition) is 0. The number of hydrogen-bond acceptors (Lipinski definition) is 0. The standard InChI is InChI=1S/C10H14/c1-2-9(4-5-9)8-10(3-1)6-7-10/h1-7H2. The first-order valence-corrected chi connectivity index (χ1v) is 4.62. The lowest BCUT2D eigenvalue weighted by molar-refractivity contribution is 0.326. The monoisotopic (exact) mass is 134 g/mol. The average Bonchev–Trinajstić information content (AvgIpc) is 2.78. The molecule has 3 aliphatic carbocycles. The Balaban J connectivity index is 1.80. The average molecular weight is 134 g/mol. The van der Waals surface area contributed by atoms with E-state index in [1.807, 2.05) is 0 Å². The Hall–Kier alpha value is 0. The molecule has 54 valence electrons. The second kappa shape index (κ2) is 1.44. The van der Waals surface area contributed by atoms with E-state index < -0.39 is 0 Å². The maximum atomic E-state index is 3.85. The molecule has 2 radical (unpaired) electrons. The second-order valence-electron chi connectivity index (χ2n) is 4.54. The second-order valence-corrected chi connectivity index (χ2v) is 4.54. The highest BCUT2D eigenvalue weighted by molar-refractivity contribution is 5.18. The largest absolute Gasteiger partial charge is 0.0522 e. The van der Waals surface area contributed by atoms with Gasteiger partial charge in [-0.05, 0) is 55.8 Å². The van der Waals surface area contributed by atoms with Gasteiger partial charge >= 0.3 is 0 Å². The van der Waals surface area contributed by atoms with Gasteiger partial charge in [0.15, 0.2) is 0 Å². The molecular formula is C10H14. The molecule has 3 rings (SSSR count). The van der Waals surface area contributed by atoms with Crippen molar-refractivity contribution >= 4 is 0 Å². The van der Waals surface area contributed by atoms with Gasteiger partial charge in [-0.25, -0.2) is 0 Å². The van der Waals surface area contributed by atoms with Crippen molar-refractivity contribution in [2.75, 3.05) is 0 Å². The van der Waals surface area contributed by atoms with Gasteiger partial charge in [0.1, 0.15) is 0 Å². The molecule has 0 atom stereocenters. The molecule has 0 aromatic rings. The maximum Gasteiger partial charge on any atom is -0.00385 e. The van der Waals surface area contributed by atoms with Crippen LogP contribution in [0.25, 0.3) is 0 Å². The highest BCUT2D eigenvalue weighted by Crippen LogP contribution is 2.67. The van der Waals surface area contributed by atoms with Crippen LogP contribution in [0.4, 0.5) is 0 Å². The van der Waals surface area contributed by atoms with Crippen molar-refractivity contribution in [1.82, 2.24) is 0 Å². The van der Waals surface area contributed by atoms with E-state index in [-0.39, 0.29) is 0 Å². The summed E-state index contributed by atoms with van der Waals surface area (Å²) in [4.78, 5) is 0. The summed E-state index contributed by atoms with van der Waals surface area (Å²) in [5, 5.41) is 0. The van der Waals surface area contributed by atoms with Crippen LogP contribution in [0.1, 0.15) is 44.9 Å². The van der Waals surface area contributed by atoms with Crippen molar-refractivity contribution in [3.63, 3.8) is 0 Å². The lowest BCUT2D eigenvalue weighted by Crippen LogP contribution is -2.17. The minimum Gasteiger partial charge on any atom is -0.0522 e. The van der Waals surface area contributed by atoms with Gasteiger partial charge in [-0.3, -0.25) is 0 Å². The molecule has 2 spiro atoms. The van der Waals surface area contributed by atoms with Crippen LogP contribution < -0.4 is 0 Å². The van der Waals surface area contributed by atoms with Gasteiger partial charge in [0.25, 0.3) is 0 Å². The highest BCUT2D eigenvalue weighted by Gasteiger charge is 2.56. The SMILES string of the molecule is [C]1C2(CCCC13CC3)CC2. The van der Waals surface area contributed by atoms with Crippen LogP contribution in [0, 0.1) is 17.3 Å². The third-order valence-corrected chi connectivity index (χ3v) is 3.55. The minimum absolute atomic E-state index is 0.675. The van der Waals surface area contributed by atoms with Gasteiger partial charge in [-0.2, -0.15) is 0 Å². The van der Waals surface area contributed by atoms with E-state index in [1.165, 1.54) is 44.9 Å². The third-order valence-electron chi connectivity index (χ3n) is 3.55. The fourth-order valence-corrected chi connectivity index (χ4v) is 2.50. The van der Waals surface area contributed by atoms with E-state index in [4.69, 9.17) is 0 Å². The van der Waals surface area contributed by atoms with Crippen LogP contribution in [-0.2, 0) is 0 Å². The lowest BCUT2D eigenvalue weighted by Gasteiger charge is -2.27. The molecular weight excluding hydrogens is 120 g/mol. The molecule has 0 aromatic carbocycles. The third kappa shape index (κ3) is 0.681. The van der Waals surface area contributed by atoms with E-state index in [0.29, 0.717) is 10.8 Å². The summed E-state index contributed by atoms with van der Waals surface area (Å²) in [7, 11) is 0. The molecule has 10 heavy (non-hydrogen) atoms. The Morgan fingerprint density at radius 2 is 1.20 bits per heavy atom. The molecule has 0 heteroatoms. The molecule has 0 saturated heterocycles.